The van der Waals surface area contributed by atoms with Crippen LogP contribution < -0.4 is 5.32 Å². The molecule has 2 aromatic rings. The first kappa shape index (κ1) is 19.2. The smallest absolute Gasteiger partial charge is 0.251 e. The topological polar surface area (TPSA) is 53.4 Å². The summed E-state index contributed by atoms with van der Waals surface area (Å²) in [6.07, 6.45) is 8.43. The Morgan fingerprint density at radius 1 is 1.18 bits per heavy atom. The summed E-state index contributed by atoms with van der Waals surface area (Å²) in [5.41, 5.74) is 1.83. The second-order valence-corrected chi connectivity index (χ2v) is 8.25. The molecule has 1 N–H and O–H groups in total. The molecule has 0 spiro atoms. The van der Waals surface area contributed by atoms with Gasteiger partial charge in [0, 0.05) is 36.6 Å². The number of carbonyl (C=O) groups is 1. The third kappa shape index (κ3) is 4.80. The predicted molar refractivity (Wildman–Crippen MR) is 110 cm³/mol. The van der Waals surface area contributed by atoms with E-state index >= 15 is 0 Å². The number of nitrogens with zero attached hydrogens (tertiary/aromatic N) is 4. The Balaban J connectivity index is 1.34. The Hall–Kier alpha value is -2.18. The number of carbonyl (C=O) groups excluding carboxylic acids is 1. The lowest BCUT2D eigenvalue weighted by Crippen LogP contribution is -2.53. The van der Waals surface area contributed by atoms with E-state index in [0.29, 0.717) is 12.6 Å². The molecule has 0 unspecified atom stereocenters. The van der Waals surface area contributed by atoms with Crippen molar-refractivity contribution in [3.63, 3.8) is 0 Å². The zero-order chi connectivity index (χ0) is 19.3. The summed E-state index contributed by atoms with van der Waals surface area (Å²) < 4.78 is 1.87. The van der Waals surface area contributed by atoms with Gasteiger partial charge in [-0.1, -0.05) is 12.1 Å². The van der Waals surface area contributed by atoms with Crippen LogP contribution in [0, 0.1) is 0 Å². The number of likely N-dealkylation sites (tertiary alicyclic amines) is 2. The van der Waals surface area contributed by atoms with E-state index in [1.165, 1.54) is 32.5 Å². The van der Waals surface area contributed by atoms with Gasteiger partial charge in [0.2, 0.25) is 0 Å². The average molecular weight is 382 g/mol. The molecule has 0 radical (unpaired) electrons. The molecule has 6 nitrogen and oxygen atoms in total. The van der Waals surface area contributed by atoms with Crippen LogP contribution in [0.3, 0.4) is 0 Å². The molecule has 1 aromatic heterocycles. The summed E-state index contributed by atoms with van der Waals surface area (Å²) in [5, 5.41) is 7.53. The molecular formula is C22H31N5O. The minimum atomic E-state index is 0.0394. The zero-order valence-electron chi connectivity index (χ0n) is 16.8. The maximum absolute atomic E-state index is 12.8. The highest BCUT2D eigenvalue weighted by atomic mass is 16.1. The second-order valence-electron chi connectivity index (χ2n) is 8.25. The maximum atomic E-state index is 12.8. The molecule has 2 aliphatic rings. The van der Waals surface area contributed by atoms with E-state index < -0.39 is 0 Å². The van der Waals surface area contributed by atoms with Crippen LogP contribution in [0.5, 0.6) is 0 Å². The number of aromatic nitrogens is 2. The number of rotatable bonds is 5. The van der Waals surface area contributed by atoms with Crippen LogP contribution in [-0.4, -0.2) is 70.8 Å². The molecule has 0 saturated carbocycles. The van der Waals surface area contributed by atoms with Crippen LogP contribution in [0.1, 0.15) is 41.6 Å². The second kappa shape index (κ2) is 8.88. The predicted octanol–water partition coefficient (Wildman–Crippen LogP) is 2.22. The van der Waals surface area contributed by atoms with E-state index in [0.717, 1.165) is 30.5 Å². The van der Waals surface area contributed by atoms with Crippen molar-refractivity contribution in [1.29, 1.82) is 0 Å². The Kier molecular flexibility index (Phi) is 6.07. The van der Waals surface area contributed by atoms with Crippen LogP contribution in [-0.2, 0) is 6.54 Å². The van der Waals surface area contributed by atoms with E-state index in [2.05, 4.69) is 27.3 Å². The van der Waals surface area contributed by atoms with Crippen molar-refractivity contribution in [1.82, 2.24) is 24.9 Å². The summed E-state index contributed by atoms with van der Waals surface area (Å²) in [7, 11) is 2.20. The Morgan fingerprint density at radius 2 is 2.04 bits per heavy atom. The first-order chi connectivity index (χ1) is 13.7. The zero-order valence-corrected chi connectivity index (χ0v) is 16.8. The quantitative estimate of drug-likeness (QED) is 0.863. The fraction of sp³-hybridized carbons (Fsp3) is 0.545. The summed E-state index contributed by atoms with van der Waals surface area (Å²) in [6, 6.07) is 10.7. The third-order valence-corrected chi connectivity index (χ3v) is 6.09. The van der Waals surface area contributed by atoms with Crippen molar-refractivity contribution in [2.45, 2.75) is 44.3 Å². The Bertz CT molecular complexity index is 767. The number of nitrogens with one attached hydrogen (secondary N) is 1. The van der Waals surface area contributed by atoms with Crippen LogP contribution in [0.25, 0.3) is 0 Å². The lowest BCUT2D eigenvalue weighted by molar-refractivity contribution is 0.0766. The van der Waals surface area contributed by atoms with Gasteiger partial charge in [-0.2, -0.15) is 5.10 Å². The van der Waals surface area contributed by atoms with E-state index in [1.807, 2.05) is 41.2 Å². The third-order valence-electron chi connectivity index (χ3n) is 6.09. The van der Waals surface area contributed by atoms with Crippen LogP contribution in [0.4, 0.5) is 0 Å². The van der Waals surface area contributed by atoms with Crippen LogP contribution in [0.2, 0.25) is 0 Å². The molecule has 6 heteroatoms. The van der Waals surface area contributed by atoms with Crippen LogP contribution >= 0.6 is 0 Å². The van der Waals surface area contributed by atoms with Crippen molar-refractivity contribution in [2.75, 3.05) is 33.2 Å². The molecule has 0 aliphatic carbocycles. The highest BCUT2D eigenvalue weighted by Gasteiger charge is 2.28. The van der Waals surface area contributed by atoms with Gasteiger partial charge in [-0.3, -0.25) is 14.4 Å². The Labute approximate surface area is 167 Å². The van der Waals surface area contributed by atoms with E-state index in [-0.39, 0.29) is 11.9 Å². The molecule has 2 saturated heterocycles. The van der Waals surface area contributed by atoms with Crippen molar-refractivity contribution in [3.05, 3.63) is 53.9 Å². The largest absolute Gasteiger partial charge is 0.348 e. The fourth-order valence-electron chi connectivity index (χ4n) is 4.48. The van der Waals surface area contributed by atoms with Gasteiger partial charge in [-0.25, -0.2) is 0 Å². The standard InChI is InChI=1S/C22H31N5O/c1-25-13-8-21(9-14-25)26-11-3-7-20(17-26)24-22(28)19-6-2-5-18(15-19)16-27-12-4-10-23-27/h2,4-6,10,12,15,20-21H,3,7-9,11,13-14,16-17H2,1H3,(H,24,28)/t20-/m1/s1. The van der Waals surface area contributed by atoms with E-state index in [4.69, 9.17) is 0 Å². The molecular weight excluding hydrogens is 350 g/mol. The first-order valence-electron chi connectivity index (χ1n) is 10.5. The lowest BCUT2D eigenvalue weighted by atomic mass is 9.98. The highest BCUT2D eigenvalue weighted by Crippen LogP contribution is 2.21. The van der Waals surface area contributed by atoms with Gasteiger partial charge in [-0.05, 0) is 76.1 Å². The molecule has 0 bridgehead atoms. The van der Waals surface area contributed by atoms with Crippen LogP contribution in [0.15, 0.2) is 42.7 Å². The molecule has 3 heterocycles. The summed E-state index contributed by atoms with van der Waals surface area (Å²) in [5.74, 6) is 0.0394. The summed E-state index contributed by atoms with van der Waals surface area (Å²) >= 11 is 0. The van der Waals surface area contributed by atoms with Gasteiger partial charge < -0.3 is 10.2 Å². The summed E-state index contributed by atoms with van der Waals surface area (Å²) in [6.45, 7) is 5.19. The Morgan fingerprint density at radius 3 is 2.82 bits per heavy atom. The highest BCUT2D eigenvalue weighted by molar-refractivity contribution is 5.94. The molecule has 150 valence electrons. The average Bonchev–Trinajstić information content (AvgIpc) is 3.22. The van der Waals surface area contributed by atoms with Crippen molar-refractivity contribution < 1.29 is 4.79 Å². The molecule has 1 amide bonds. The number of piperidine rings is 2. The molecule has 2 fully saturated rings. The summed E-state index contributed by atoms with van der Waals surface area (Å²) in [4.78, 5) is 17.9. The van der Waals surface area contributed by atoms with Gasteiger partial charge in [0.05, 0.1) is 6.54 Å². The lowest BCUT2D eigenvalue weighted by Gasteiger charge is -2.41. The minimum absolute atomic E-state index is 0.0394. The van der Waals surface area contributed by atoms with E-state index in [1.54, 1.807) is 6.20 Å². The monoisotopic (exact) mass is 381 g/mol. The van der Waals surface area contributed by atoms with E-state index in [9.17, 15) is 4.79 Å². The molecule has 1 atom stereocenters. The van der Waals surface area contributed by atoms with Gasteiger partial charge in [0.1, 0.15) is 0 Å². The fourth-order valence-corrected chi connectivity index (χ4v) is 4.48. The molecule has 2 aliphatic heterocycles. The number of hydrogen-bond acceptors (Lipinski definition) is 4. The maximum Gasteiger partial charge on any atom is 0.251 e. The number of hydrogen-bond donors (Lipinski definition) is 1. The van der Waals surface area contributed by atoms with Gasteiger partial charge in [0.25, 0.3) is 5.91 Å². The molecule has 28 heavy (non-hydrogen) atoms. The molecule has 1 aromatic carbocycles. The van der Waals surface area contributed by atoms with Gasteiger partial charge in [-0.15, -0.1) is 0 Å². The van der Waals surface area contributed by atoms with Gasteiger partial charge >= 0.3 is 0 Å². The minimum Gasteiger partial charge on any atom is -0.348 e. The number of amides is 1. The SMILES string of the molecule is CN1CCC(N2CCC[C@@H](NC(=O)c3cccc(Cn4cccn4)c3)C2)CC1. The van der Waals surface area contributed by atoms with Crippen molar-refractivity contribution in [3.8, 4) is 0 Å². The van der Waals surface area contributed by atoms with Gasteiger partial charge in [0.15, 0.2) is 0 Å². The van der Waals surface area contributed by atoms with Crippen molar-refractivity contribution in [2.24, 2.45) is 0 Å². The number of benzene rings is 1. The first-order valence-corrected chi connectivity index (χ1v) is 10.5. The normalized spacial score (nSPS) is 22.2. The van der Waals surface area contributed by atoms with Crippen molar-refractivity contribution >= 4 is 5.91 Å². The molecule has 4 rings (SSSR count).